The second-order valence-electron chi connectivity index (χ2n) is 6.30. The quantitative estimate of drug-likeness (QED) is 0.728. The van der Waals surface area contributed by atoms with E-state index in [1.807, 2.05) is 30.3 Å². The van der Waals surface area contributed by atoms with Gasteiger partial charge in [0.05, 0.1) is 0 Å². The zero-order chi connectivity index (χ0) is 18.8. The first kappa shape index (κ1) is 19.7. The van der Waals surface area contributed by atoms with E-state index in [2.05, 4.69) is 41.6 Å². The van der Waals surface area contributed by atoms with Crippen LogP contribution in [-0.4, -0.2) is 36.9 Å². The van der Waals surface area contributed by atoms with Crippen molar-refractivity contribution in [3.8, 4) is 0 Å². The van der Waals surface area contributed by atoms with Crippen LogP contribution in [0.5, 0.6) is 0 Å². The monoisotopic (exact) mass is 353 g/mol. The van der Waals surface area contributed by atoms with Crippen LogP contribution in [0.25, 0.3) is 0 Å². The van der Waals surface area contributed by atoms with E-state index in [9.17, 15) is 9.59 Å². The lowest BCUT2D eigenvalue weighted by atomic mass is 10.1. The summed E-state index contributed by atoms with van der Waals surface area (Å²) < 4.78 is 0. The van der Waals surface area contributed by atoms with Crippen molar-refractivity contribution in [3.05, 3.63) is 71.3 Å². The van der Waals surface area contributed by atoms with E-state index in [0.717, 1.165) is 18.7 Å². The molecule has 0 atom stereocenters. The number of rotatable bonds is 9. The first-order valence-electron chi connectivity index (χ1n) is 8.94. The van der Waals surface area contributed by atoms with E-state index in [-0.39, 0.29) is 18.2 Å². The highest BCUT2D eigenvalue weighted by molar-refractivity contribution is 5.94. The van der Waals surface area contributed by atoms with Crippen molar-refractivity contribution in [2.45, 2.75) is 26.4 Å². The molecular weight excluding hydrogens is 326 g/mol. The van der Waals surface area contributed by atoms with E-state index in [1.165, 1.54) is 5.56 Å². The maximum absolute atomic E-state index is 12.0. The van der Waals surface area contributed by atoms with E-state index < -0.39 is 0 Å². The molecule has 0 heterocycles. The SMILES string of the molecule is CCN(C)Cc1cccc(CNC(=O)CCNC(=O)c2ccccc2)c1. The molecule has 2 rings (SSSR count). The molecule has 138 valence electrons. The summed E-state index contributed by atoms with van der Waals surface area (Å²) in [6, 6.07) is 17.2. The molecule has 5 heteroatoms. The highest BCUT2D eigenvalue weighted by Crippen LogP contribution is 2.07. The molecule has 0 radical (unpaired) electrons. The predicted octanol–water partition coefficient (Wildman–Crippen LogP) is 2.57. The fourth-order valence-electron chi connectivity index (χ4n) is 2.53. The first-order chi connectivity index (χ1) is 12.6. The van der Waals surface area contributed by atoms with Crippen molar-refractivity contribution < 1.29 is 9.59 Å². The van der Waals surface area contributed by atoms with E-state index in [4.69, 9.17) is 0 Å². The van der Waals surface area contributed by atoms with E-state index in [1.54, 1.807) is 12.1 Å². The number of hydrogen-bond acceptors (Lipinski definition) is 3. The van der Waals surface area contributed by atoms with Crippen LogP contribution in [0.3, 0.4) is 0 Å². The number of hydrogen-bond donors (Lipinski definition) is 2. The van der Waals surface area contributed by atoms with Crippen LogP contribution < -0.4 is 10.6 Å². The molecular formula is C21H27N3O2. The van der Waals surface area contributed by atoms with Gasteiger partial charge in [-0.1, -0.05) is 49.4 Å². The van der Waals surface area contributed by atoms with Gasteiger partial charge in [0.15, 0.2) is 0 Å². The van der Waals surface area contributed by atoms with Gasteiger partial charge in [0.1, 0.15) is 0 Å². The third-order valence-electron chi connectivity index (χ3n) is 4.15. The number of nitrogens with zero attached hydrogens (tertiary/aromatic N) is 1. The Balaban J connectivity index is 1.72. The molecule has 0 unspecified atom stereocenters. The van der Waals surface area contributed by atoms with Gasteiger partial charge in [-0.3, -0.25) is 9.59 Å². The second kappa shape index (κ2) is 10.4. The summed E-state index contributed by atoms with van der Waals surface area (Å²) in [6.45, 7) is 4.83. The normalized spacial score (nSPS) is 10.6. The van der Waals surface area contributed by atoms with Crippen LogP contribution in [-0.2, 0) is 17.9 Å². The zero-order valence-corrected chi connectivity index (χ0v) is 15.5. The summed E-state index contributed by atoms with van der Waals surface area (Å²) in [5.74, 6) is -0.236. The standard InChI is InChI=1S/C21H27N3O2/c1-3-24(2)16-18-9-7-8-17(14-18)15-23-20(25)12-13-22-21(26)19-10-5-4-6-11-19/h4-11,14H,3,12-13,15-16H2,1-2H3,(H,22,26)(H,23,25). The summed E-state index contributed by atoms with van der Waals surface area (Å²) in [5, 5.41) is 5.66. The maximum atomic E-state index is 12.0. The van der Waals surface area contributed by atoms with Gasteiger partial charge < -0.3 is 15.5 Å². The Bertz CT molecular complexity index is 716. The minimum absolute atomic E-state index is 0.0746. The van der Waals surface area contributed by atoms with Crippen molar-refractivity contribution in [1.29, 1.82) is 0 Å². The summed E-state index contributed by atoms with van der Waals surface area (Å²) in [5.41, 5.74) is 2.91. The Hall–Kier alpha value is -2.66. The van der Waals surface area contributed by atoms with Gasteiger partial charge in [0, 0.05) is 31.6 Å². The summed E-state index contributed by atoms with van der Waals surface area (Å²) in [6.07, 6.45) is 0.261. The van der Waals surface area contributed by atoms with Gasteiger partial charge in [-0.15, -0.1) is 0 Å². The molecule has 0 aliphatic carbocycles. The fraction of sp³-hybridized carbons (Fsp3) is 0.333. The van der Waals surface area contributed by atoms with Crippen LogP contribution in [0, 0.1) is 0 Å². The highest BCUT2D eigenvalue weighted by Gasteiger charge is 2.06. The Morgan fingerprint density at radius 3 is 2.42 bits per heavy atom. The van der Waals surface area contributed by atoms with Crippen molar-refractivity contribution in [2.75, 3.05) is 20.1 Å². The molecule has 2 amide bonds. The lowest BCUT2D eigenvalue weighted by Gasteiger charge is -2.14. The van der Waals surface area contributed by atoms with Crippen molar-refractivity contribution >= 4 is 11.8 Å². The number of benzene rings is 2. The van der Waals surface area contributed by atoms with Crippen LogP contribution in [0.15, 0.2) is 54.6 Å². The molecule has 0 aliphatic heterocycles. The Kier molecular flexibility index (Phi) is 7.83. The molecule has 2 aromatic carbocycles. The minimum Gasteiger partial charge on any atom is -0.352 e. The van der Waals surface area contributed by atoms with Crippen LogP contribution >= 0.6 is 0 Å². The molecule has 5 nitrogen and oxygen atoms in total. The van der Waals surface area contributed by atoms with Gasteiger partial charge in [0.2, 0.25) is 5.91 Å². The molecule has 0 bridgehead atoms. The molecule has 26 heavy (non-hydrogen) atoms. The Labute approximate surface area is 155 Å². The lowest BCUT2D eigenvalue weighted by molar-refractivity contribution is -0.121. The summed E-state index contributed by atoms with van der Waals surface area (Å²) in [4.78, 5) is 26.1. The number of carbonyl (C=O) groups excluding carboxylic acids is 2. The average molecular weight is 353 g/mol. The Morgan fingerprint density at radius 2 is 1.69 bits per heavy atom. The largest absolute Gasteiger partial charge is 0.352 e. The molecule has 2 aromatic rings. The van der Waals surface area contributed by atoms with Gasteiger partial charge >= 0.3 is 0 Å². The van der Waals surface area contributed by atoms with Crippen molar-refractivity contribution in [2.24, 2.45) is 0 Å². The number of carbonyl (C=O) groups is 2. The average Bonchev–Trinajstić information content (AvgIpc) is 2.67. The number of nitrogens with one attached hydrogen (secondary N) is 2. The van der Waals surface area contributed by atoms with Crippen molar-refractivity contribution in [3.63, 3.8) is 0 Å². The zero-order valence-electron chi connectivity index (χ0n) is 15.5. The van der Waals surface area contributed by atoms with Crippen LogP contribution in [0.2, 0.25) is 0 Å². The molecule has 0 saturated heterocycles. The summed E-state index contributed by atoms with van der Waals surface area (Å²) >= 11 is 0. The number of amides is 2. The van der Waals surface area contributed by atoms with E-state index in [0.29, 0.717) is 18.7 Å². The Morgan fingerprint density at radius 1 is 0.962 bits per heavy atom. The van der Waals surface area contributed by atoms with Crippen molar-refractivity contribution in [1.82, 2.24) is 15.5 Å². The topological polar surface area (TPSA) is 61.4 Å². The van der Waals surface area contributed by atoms with Crippen LogP contribution in [0.4, 0.5) is 0 Å². The molecule has 2 N–H and O–H groups in total. The molecule has 0 saturated carbocycles. The lowest BCUT2D eigenvalue weighted by Crippen LogP contribution is -2.30. The third-order valence-corrected chi connectivity index (χ3v) is 4.15. The first-order valence-corrected chi connectivity index (χ1v) is 8.94. The molecule has 0 fully saturated rings. The van der Waals surface area contributed by atoms with Gasteiger partial charge in [0.25, 0.3) is 5.91 Å². The smallest absolute Gasteiger partial charge is 0.251 e. The summed E-state index contributed by atoms with van der Waals surface area (Å²) in [7, 11) is 2.08. The molecule has 0 aliphatic rings. The third kappa shape index (κ3) is 6.69. The fourth-order valence-corrected chi connectivity index (χ4v) is 2.53. The van der Waals surface area contributed by atoms with Crippen LogP contribution in [0.1, 0.15) is 34.8 Å². The minimum atomic E-state index is -0.161. The molecule has 0 spiro atoms. The predicted molar refractivity (Wildman–Crippen MR) is 104 cm³/mol. The van der Waals surface area contributed by atoms with Gasteiger partial charge in [-0.2, -0.15) is 0 Å². The van der Waals surface area contributed by atoms with Gasteiger partial charge in [-0.25, -0.2) is 0 Å². The van der Waals surface area contributed by atoms with Gasteiger partial charge in [-0.05, 0) is 36.9 Å². The maximum Gasteiger partial charge on any atom is 0.251 e. The molecule has 0 aromatic heterocycles. The highest BCUT2D eigenvalue weighted by atomic mass is 16.2. The second-order valence-corrected chi connectivity index (χ2v) is 6.30. The van der Waals surface area contributed by atoms with E-state index >= 15 is 0 Å².